The zero-order valence-electron chi connectivity index (χ0n) is 15.3. The van der Waals surface area contributed by atoms with Gasteiger partial charge in [-0.15, -0.1) is 11.3 Å². The first-order valence-electron chi connectivity index (χ1n) is 8.82. The first-order chi connectivity index (χ1) is 11.7. The summed E-state index contributed by atoms with van der Waals surface area (Å²) in [5.74, 6) is 0.935. The number of thiazole rings is 1. The zero-order chi connectivity index (χ0) is 17.5. The van der Waals surface area contributed by atoms with Crippen molar-refractivity contribution in [3.05, 3.63) is 42.3 Å². The quantitative estimate of drug-likeness (QED) is 0.413. The van der Waals surface area contributed by atoms with Gasteiger partial charge in [0, 0.05) is 29.4 Å². The van der Waals surface area contributed by atoms with Crippen molar-refractivity contribution in [2.45, 2.75) is 47.5 Å². The fraction of sp³-hybridized carbons (Fsp3) is 0.400. The van der Waals surface area contributed by atoms with E-state index < -0.39 is 0 Å². The van der Waals surface area contributed by atoms with Crippen molar-refractivity contribution in [3.63, 3.8) is 0 Å². The highest BCUT2D eigenvalue weighted by molar-refractivity contribution is 7.16. The Morgan fingerprint density at radius 1 is 1.00 bits per heavy atom. The molecule has 24 heavy (non-hydrogen) atoms. The fourth-order valence-corrected chi connectivity index (χ4v) is 3.09. The summed E-state index contributed by atoms with van der Waals surface area (Å²) < 4.78 is 3.25. The number of rotatable bonds is 2. The average Bonchev–Trinajstić information content (AvgIpc) is 3.31. The van der Waals surface area contributed by atoms with E-state index in [1.807, 2.05) is 42.3 Å². The lowest BCUT2D eigenvalue weighted by atomic mass is 10.1. The Bertz CT molecular complexity index is 818. The molecule has 0 aliphatic carbocycles. The second kappa shape index (κ2) is 8.78. The van der Waals surface area contributed by atoms with Crippen LogP contribution in [0.15, 0.2) is 42.3 Å². The van der Waals surface area contributed by atoms with Crippen LogP contribution < -0.4 is 0 Å². The van der Waals surface area contributed by atoms with Gasteiger partial charge in [0.25, 0.3) is 0 Å². The molecule has 0 atom stereocenters. The summed E-state index contributed by atoms with van der Waals surface area (Å²) in [6.07, 6.45) is 8.47. The van der Waals surface area contributed by atoms with Gasteiger partial charge < -0.3 is 4.40 Å². The van der Waals surface area contributed by atoms with E-state index >= 15 is 0 Å². The average molecular weight is 342 g/mol. The van der Waals surface area contributed by atoms with Crippen LogP contribution >= 0.6 is 11.3 Å². The minimum absolute atomic E-state index is 0.935. The van der Waals surface area contributed by atoms with Gasteiger partial charge in [-0.2, -0.15) is 0 Å². The number of imidazole rings is 1. The molecule has 0 saturated heterocycles. The molecule has 1 aromatic carbocycles. The predicted octanol–water partition coefficient (Wildman–Crippen LogP) is 6.57. The van der Waals surface area contributed by atoms with E-state index in [1.165, 1.54) is 22.9 Å². The highest BCUT2D eigenvalue weighted by Crippen LogP contribution is 2.28. The third-order valence-electron chi connectivity index (χ3n) is 4.25. The van der Waals surface area contributed by atoms with Gasteiger partial charge >= 0.3 is 0 Å². The molecule has 128 valence electrons. The third-order valence-corrected chi connectivity index (χ3v) is 5.04. The number of hydrogen-bond acceptors (Lipinski definition) is 3. The van der Waals surface area contributed by atoms with Crippen molar-refractivity contribution in [3.8, 4) is 0 Å². The highest BCUT2D eigenvalue weighted by Gasteiger charge is 2.06. The van der Waals surface area contributed by atoms with Crippen molar-refractivity contribution in [1.82, 2.24) is 14.4 Å². The first kappa shape index (κ1) is 18.4. The molecule has 4 aromatic rings. The van der Waals surface area contributed by atoms with Gasteiger partial charge in [-0.05, 0) is 24.1 Å². The molecule has 0 unspecified atom stereocenters. The van der Waals surface area contributed by atoms with Crippen LogP contribution in [0.3, 0.4) is 0 Å². The molecule has 3 aromatic heterocycles. The number of hydrogen-bond donors (Lipinski definition) is 0. The maximum atomic E-state index is 4.42. The van der Waals surface area contributed by atoms with Crippen LogP contribution in [-0.2, 0) is 0 Å². The van der Waals surface area contributed by atoms with Gasteiger partial charge in [0.05, 0.1) is 15.7 Å². The van der Waals surface area contributed by atoms with Crippen LogP contribution in [0.5, 0.6) is 0 Å². The molecule has 3 nitrogen and oxygen atoms in total. The predicted molar refractivity (Wildman–Crippen MR) is 107 cm³/mol. The van der Waals surface area contributed by atoms with E-state index in [-0.39, 0.29) is 0 Å². The molecular weight excluding hydrogens is 314 g/mol. The minimum Gasteiger partial charge on any atom is -0.307 e. The Kier molecular flexibility index (Phi) is 6.73. The first-order valence-corrected chi connectivity index (χ1v) is 9.70. The number of benzene rings is 1. The molecule has 0 spiro atoms. The van der Waals surface area contributed by atoms with Crippen molar-refractivity contribution < 1.29 is 0 Å². The number of pyridine rings is 1. The summed E-state index contributed by atoms with van der Waals surface area (Å²) in [5, 5.41) is 2.34. The molecule has 0 aliphatic heterocycles. The highest BCUT2D eigenvalue weighted by atomic mass is 32.1. The smallest absolute Gasteiger partial charge is 0.144 e. The topological polar surface area (TPSA) is 30.2 Å². The Morgan fingerprint density at radius 3 is 2.42 bits per heavy atom. The van der Waals surface area contributed by atoms with Crippen molar-refractivity contribution in [2.75, 3.05) is 0 Å². The summed E-state index contributed by atoms with van der Waals surface area (Å²) >= 11 is 1.67. The molecule has 0 saturated carbocycles. The normalized spacial score (nSPS) is 10.6. The lowest BCUT2D eigenvalue weighted by molar-refractivity contribution is 0.544. The van der Waals surface area contributed by atoms with Gasteiger partial charge in [-0.1, -0.05) is 47.5 Å². The van der Waals surface area contributed by atoms with Crippen molar-refractivity contribution in [2.24, 2.45) is 5.92 Å². The summed E-state index contributed by atoms with van der Waals surface area (Å²) in [5.41, 5.74) is 3.96. The Labute approximate surface area is 148 Å². The van der Waals surface area contributed by atoms with E-state index in [1.54, 1.807) is 11.3 Å². The SMILES string of the molecule is CC.CCC(C)CC.c1cn2ccc3c(ccc4scnc43)c2n1. The lowest BCUT2D eigenvalue weighted by Gasteiger charge is -2.00. The Hall–Kier alpha value is -1.94. The number of aromatic nitrogens is 3. The molecule has 3 heterocycles. The van der Waals surface area contributed by atoms with Gasteiger partial charge in [0.1, 0.15) is 5.65 Å². The second-order valence-corrected chi connectivity index (χ2v) is 6.51. The summed E-state index contributed by atoms with van der Waals surface area (Å²) in [6.45, 7) is 10.7. The number of fused-ring (bicyclic) bond motifs is 5. The molecule has 4 heteroatoms. The molecule has 0 fully saturated rings. The number of nitrogens with zero attached hydrogens (tertiary/aromatic N) is 3. The van der Waals surface area contributed by atoms with Crippen LogP contribution in [0.2, 0.25) is 0 Å². The van der Waals surface area contributed by atoms with E-state index in [0.717, 1.165) is 22.5 Å². The van der Waals surface area contributed by atoms with E-state index in [4.69, 9.17) is 0 Å². The Morgan fingerprint density at radius 2 is 1.75 bits per heavy atom. The molecule has 0 aliphatic rings. The van der Waals surface area contributed by atoms with Crippen molar-refractivity contribution in [1.29, 1.82) is 0 Å². The van der Waals surface area contributed by atoms with E-state index in [0.29, 0.717) is 0 Å². The minimum atomic E-state index is 0.935. The largest absolute Gasteiger partial charge is 0.307 e. The van der Waals surface area contributed by atoms with Gasteiger partial charge in [-0.25, -0.2) is 9.97 Å². The van der Waals surface area contributed by atoms with Crippen LogP contribution in [-0.4, -0.2) is 14.4 Å². The molecular formula is C20H27N3S. The summed E-state index contributed by atoms with van der Waals surface area (Å²) in [6, 6.07) is 6.34. The van der Waals surface area contributed by atoms with E-state index in [9.17, 15) is 0 Å². The van der Waals surface area contributed by atoms with E-state index in [2.05, 4.69) is 48.9 Å². The molecule has 0 radical (unpaired) electrons. The van der Waals surface area contributed by atoms with Crippen LogP contribution in [0.25, 0.3) is 26.6 Å². The van der Waals surface area contributed by atoms with Crippen molar-refractivity contribution >= 4 is 38.0 Å². The van der Waals surface area contributed by atoms with Crippen LogP contribution in [0, 0.1) is 5.92 Å². The monoisotopic (exact) mass is 341 g/mol. The summed E-state index contributed by atoms with van der Waals surface area (Å²) in [4.78, 5) is 8.80. The van der Waals surface area contributed by atoms with Gasteiger partial charge in [-0.3, -0.25) is 0 Å². The summed E-state index contributed by atoms with van der Waals surface area (Å²) in [7, 11) is 0. The van der Waals surface area contributed by atoms with Crippen LogP contribution in [0.4, 0.5) is 0 Å². The van der Waals surface area contributed by atoms with Gasteiger partial charge in [0.15, 0.2) is 0 Å². The lowest BCUT2D eigenvalue weighted by Crippen LogP contribution is -1.85. The second-order valence-electron chi connectivity index (χ2n) is 5.62. The molecule has 0 amide bonds. The maximum Gasteiger partial charge on any atom is 0.144 e. The Balaban J connectivity index is 0.000000225. The molecule has 4 rings (SSSR count). The molecule has 0 bridgehead atoms. The molecule has 0 N–H and O–H groups in total. The zero-order valence-corrected chi connectivity index (χ0v) is 16.1. The van der Waals surface area contributed by atoms with Gasteiger partial charge in [0.2, 0.25) is 0 Å². The third kappa shape index (κ3) is 3.75. The maximum absolute atomic E-state index is 4.42. The fourth-order valence-electron chi connectivity index (χ4n) is 2.40. The van der Waals surface area contributed by atoms with Crippen LogP contribution in [0.1, 0.15) is 47.5 Å². The standard InChI is InChI=1S/C12H7N3S.C6H14.C2H6/c1-2-10-11(14-7-16-10)8-3-5-15-6-4-13-12(15)9(1)8;1-4-6(3)5-2;1-2/h1-7H;6H,4-5H2,1-3H3;1-2H3.